The van der Waals surface area contributed by atoms with Crippen molar-refractivity contribution in [3.8, 4) is 28.6 Å². The lowest BCUT2D eigenvalue weighted by Gasteiger charge is -2.18. The van der Waals surface area contributed by atoms with E-state index in [2.05, 4.69) is 50.8 Å². The maximum absolute atomic E-state index is 13.8. The third-order valence-electron chi connectivity index (χ3n) is 6.71. The second kappa shape index (κ2) is 13.1. The lowest BCUT2D eigenvalue weighted by atomic mass is 9.96. The van der Waals surface area contributed by atoms with E-state index in [-0.39, 0.29) is 11.5 Å². The summed E-state index contributed by atoms with van der Waals surface area (Å²) >= 11 is 7.11. The van der Waals surface area contributed by atoms with Crippen molar-refractivity contribution in [1.82, 2.24) is 9.66 Å². The molecule has 0 saturated heterocycles. The Morgan fingerprint density at radius 2 is 1.69 bits per heavy atom. The molecule has 4 aromatic rings. The molecular formula is C31H31Br2N3O6. The molecule has 4 rings (SSSR count). The highest BCUT2D eigenvalue weighted by molar-refractivity contribution is 9.13. The van der Waals surface area contributed by atoms with Gasteiger partial charge < -0.3 is 18.9 Å². The molecule has 42 heavy (non-hydrogen) atoms. The quantitative estimate of drug-likeness (QED) is 0.139. The number of aromatic nitrogens is 2. The van der Waals surface area contributed by atoms with Gasteiger partial charge in [-0.2, -0.15) is 9.78 Å². The van der Waals surface area contributed by atoms with Crippen LogP contribution in [-0.4, -0.2) is 49.3 Å². The Morgan fingerprint density at radius 3 is 2.33 bits per heavy atom. The minimum absolute atomic E-state index is 0.173. The fourth-order valence-corrected chi connectivity index (χ4v) is 5.36. The second-order valence-electron chi connectivity index (χ2n) is 9.79. The van der Waals surface area contributed by atoms with Gasteiger partial charge in [0.1, 0.15) is 5.75 Å². The van der Waals surface area contributed by atoms with Crippen molar-refractivity contribution in [2.24, 2.45) is 5.10 Å². The lowest BCUT2D eigenvalue weighted by molar-refractivity contribution is -0.147. The van der Waals surface area contributed by atoms with Crippen molar-refractivity contribution in [3.63, 3.8) is 0 Å². The van der Waals surface area contributed by atoms with Gasteiger partial charge in [-0.15, -0.1) is 0 Å². The van der Waals surface area contributed by atoms with Crippen LogP contribution in [0.3, 0.4) is 0 Å². The molecule has 1 heterocycles. The molecule has 0 fully saturated rings. The van der Waals surface area contributed by atoms with Gasteiger partial charge >= 0.3 is 5.97 Å². The van der Waals surface area contributed by atoms with Crippen molar-refractivity contribution < 1.29 is 23.7 Å². The zero-order valence-corrected chi connectivity index (χ0v) is 27.5. The maximum Gasteiger partial charge on any atom is 0.346 e. The first-order chi connectivity index (χ1) is 20.0. The average molecular weight is 701 g/mol. The number of halogens is 2. The van der Waals surface area contributed by atoms with Gasteiger partial charge in [0.15, 0.2) is 23.4 Å². The molecule has 0 aliphatic carbocycles. The lowest BCUT2D eigenvalue weighted by Crippen LogP contribution is -2.25. The Bertz CT molecular complexity index is 1750. The molecule has 0 aliphatic rings. The van der Waals surface area contributed by atoms with Gasteiger partial charge in [-0.25, -0.2) is 9.78 Å². The number of carbonyl (C=O) groups is 1. The summed E-state index contributed by atoms with van der Waals surface area (Å²) in [6, 6.07) is 12.8. The molecule has 0 aliphatic heterocycles. The Balaban J connectivity index is 1.92. The molecular weight excluding hydrogens is 670 g/mol. The van der Waals surface area contributed by atoms with Gasteiger partial charge in [0.2, 0.25) is 0 Å². The summed E-state index contributed by atoms with van der Waals surface area (Å²) < 4.78 is 24.2. The van der Waals surface area contributed by atoms with E-state index < -0.39 is 12.1 Å². The summed E-state index contributed by atoms with van der Waals surface area (Å²) in [7, 11) is 4.42. The van der Waals surface area contributed by atoms with Crippen LogP contribution >= 0.6 is 31.9 Å². The first-order valence-corrected chi connectivity index (χ1v) is 14.7. The Hall–Kier alpha value is -3.70. The molecule has 9 nitrogen and oxygen atoms in total. The Morgan fingerprint density at radius 1 is 1.00 bits per heavy atom. The van der Waals surface area contributed by atoms with Crippen LogP contribution in [0.2, 0.25) is 0 Å². The number of hydrogen-bond acceptors (Lipinski definition) is 8. The zero-order chi connectivity index (χ0) is 30.7. The summed E-state index contributed by atoms with van der Waals surface area (Å²) in [5, 5.41) is 5.07. The monoisotopic (exact) mass is 699 g/mol. The molecule has 1 atom stereocenters. The van der Waals surface area contributed by atoms with E-state index in [1.54, 1.807) is 32.2 Å². The highest BCUT2D eigenvalue weighted by atomic mass is 79.9. The zero-order valence-electron chi connectivity index (χ0n) is 24.3. The van der Waals surface area contributed by atoms with Crippen LogP contribution in [0.4, 0.5) is 0 Å². The largest absolute Gasteiger partial charge is 0.496 e. The van der Waals surface area contributed by atoms with Crippen LogP contribution in [-0.2, 0) is 9.53 Å². The van der Waals surface area contributed by atoms with Crippen molar-refractivity contribution in [2.75, 3.05) is 21.3 Å². The standard InChI is InChI=1S/C31H31Br2N3O6/c1-16(2)21-14-22(17(3)12-24(21)39-5)29-35-23-11-9-8-10-20(23)30(37)36(29)34-15-19-13-25(40-6)28(27(33)26(19)32)42-18(4)31(38)41-7/h8-16,18H,1-7H3/t18-/m1/s1. The van der Waals surface area contributed by atoms with Gasteiger partial charge in [-0.1, -0.05) is 26.0 Å². The van der Waals surface area contributed by atoms with E-state index in [4.69, 9.17) is 23.9 Å². The smallest absolute Gasteiger partial charge is 0.346 e. The number of nitrogens with zero attached hydrogens (tertiary/aromatic N) is 3. The number of para-hydroxylation sites is 1. The normalized spacial score (nSPS) is 12.1. The summed E-state index contributed by atoms with van der Waals surface area (Å²) in [5.74, 6) is 1.46. The van der Waals surface area contributed by atoms with Crippen LogP contribution in [0.5, 0.6) is 17.2 Å². The molecule has 0 saturated carbocycles. The van der Waals surface area contributed by atoms with Crippen molar-refractivity contribution in [2.45, 2.75) is 39.7 Å². The molecule has 3 aromatic carbocycles. The van der Waals surface area contributed by atoms with Gasteiger partial charge in [-0.3, -0.25) is 4.79 Å². The fourth-order valence-electron chi connectivity index (χ4n) is 4.44. The van der Waals surface area contributed by atoms with Crippen molar-refractivity contribution in [3.05, 3.63) is 78.5 Å². The molecule has 0 N–H and O–H groups in total. The van der Waals surface area contributed by atoms with Crippen LogP contribution < -0.4 is 19.8 Å². The summed E-state index contributed by atoms with van der Waals surface area (Å²) in [6.45, 7) is 7.69. The van der Waals surface area contributed by atoms with E-state index in [1.807, 2.05) is 31.2 Å². The van der Waals surface area contributed by atoms with Crippen LogP contribution in [0, 0.1) is 6.92 Å². The van der Waals surface area contributed by atoms with Gasteiger partial charge in [0.25, 0.3) is 5.56 Å². The van der Waals surface area contributed by atoms with E-state index >= 15 is 0 Å². The molecule has 0 radical (unpaired) electrons. The highest BCUT2D eigenvalue weighted by Crippen LogP contribution is 2.43. The summed E-state index contributed by atoms with van der Waals surface area (Å²) in [5.41, 5.74) is 3.47. The summed E-state index contributed by atoms with van der Waals surface area (Å²) in [4.78, 5) is 30.6. The van der Waals surface area contributed by atoms with Crippen molar-refractivity contribution in [1.29, 1.82) is 0 Å². The molecule has 0 amide bonds. The predicted molar refractivity (Wildman–Crippen MR) is 170 cm³/mol. The number of aryl methyl sites for hydroxylation is 1. The SMILES string of the molecule is COC(=O)[C@@H](C)Oc1c(OC)cc(C=Nn2c(-c3cc(C(C)C)c(OC)cc3C)nc3ccccc3c2=O)c(Br)c1Br. The third-order valence-corrected chi connectivity index (χ3v) is 8.85. The number of hydrogen-bond donors (Lipinski definition) is 0. The van der Waals surface area contributed by atoms with Gasteiger partial charge in [-0.05, 0) is 93.1 Å². The minimum Gasteiger partial charge on any atom is -0.496 e. The molecule has 1 aromatic heterocycles. The van der Waals surface area contributed by atoms with E-state index in [0.29, 0.717) is 42.7 Å². The maximum atomic E-state index is 13.8. The number of ether oxygens (including phenoxy) is 4. The van der Waals surface area contributed by atoms with Crippen LogP contribution in [0.15, 0.2) is 61.3 Å². The molecule has 0 spiro atoms. The average Bonchev–Trinajstić information content (AvgIpc) is 2.98. The van der Waals surface area contributed by atoms with E-state index in [1.165, 1.54) is 25.1 Å². The van der Waals surface area contributed by atoms with E-state index in [0.717, 1.165) is 22.4 Å². The number of methoxy groups -OCH3 is 3. The van der Waals surface area contributed by atoms with Gasteiger partial charge in [0, 0.05) is 15.6 Å². The predicted octanol–water partition coefficient (Wildman–Crippen LogP) is 6.86. The number of rotatable bonds is 9. The van der Waals surface area contributed by atoms with Crippen LogP contribution in [0.25, 0.3) is 22.3 Å². The Labute approximate surface area is 260 Å². The van der Waals surface area contributed by atoms with E-state index in [9.17, 15) is 9.59 Å². The first-order valence-electron chi connectivity index (χ1n) is 13.1. The highest BCUT2D eigenvalue weighted by Gasteiger charge is 2.23. The molecule has 220 valence electrons. The van der Waals surface area contributed by atoms with Gasteiger partial charge in [0.05, 0.1) is 42.9 Å². The van der Waals surface area contributed by atoms with Crippen LogP contribution in [0.1, 0.15) is 43.4 Å². The topological polar surface area (TPSA) is 101 Å². The minimum atomic E-state index is -0.875. The number of benzene rings is 3. The summed E-state index contributed by atoms with van der Waals surface area (Å²) in [6.07, 6.45) is 0.661. The second-order valence-corrected chi connectivity index (χ2v) is 11.4. The van der Waals surface area contributed by atoms with Crippen molar-refractivity contribution >= 4 is 54.9 Å². The first kappa shape index (κ1) is 31.2. The molecule has 0 unspecified atom stereocenters. The number of carbonyl (C=O) groups excluding carboxylic acids is 1. The Kier molecular flexibility index (Phi) is 9.73. The fraction of sp³-hybridized carbons (Fsp3) is 0.290. The third kappa shape index (κ3) is 6.07. The number of fused-ring (bicyclic) bond motifs is 1. The molecule has 0 bridgehead atoms. The number of esters is 1. The molecule has 11 heteroatoms.